The standard InChI is InChI=1S/C19H32N4O/c1-4-21-9-5-17(6-10-21)13-19(24)22-11-7-18(8-12-22)23-15(2)14-20-16(23)3/h14,17-18H,4-13H2,1-3H3. The van der Waals surface area contributed by atoms with Gasteiger partial charge in [-0.25, -0.2) is 4.98 Å². The van der Waals surface area contributed by atoms with Crippen molar-refractivity contribution >= 4 is 5.91 Å². The van der Waals surface area contributed by atoms with Crippen LogP contribution in [0.4, 0.5) is 0 Å². The fourth-order valence-electron chi connectivity index (χ4n) is 4.37. The first kappa shape index (κ1) is 17.5. The number of hydrogen-bond donors (Lipinski definition) is 0. The van der Waals surface area contributed by atoms with Crippen molar-refractivity contribution in [2.75, 3.05) is 32.7 Å². The Morgan fingerprint density at radius 1 is 1.12 bits per heavy atom. The van der Waals surface area contributed by atoms with Crippen molar-refractivity contribution < 1.29 is 4.79 Å². The summed E-state index contributed by atoms with van der Waals surface area (Å²) in [6.45, 7) is 11.7. The lowest BCUT2D eigenvalue weighted by atomic mass is 9.92. The minimum Gasteiger partial charge on any atom is -0.343 e. The van der Waals surface area contributed by atoms with E-state index in [4.69, 9.17) is 0 Å². The minimum absolute atomic E-state index is 0.377. The molecule has 134 valence electrons. The minimum atomic E-state index is 0.377. The van der Waals surface area contributed by atoms with Crippen LogP contribution in [0.3, 0.4) is 0 Å². The van der Waals surface area contributed by atoms with E-state index in [1.54, 1.807) is 0 Å². The molecular weight excluding hydrogens is 300 g/mol. The highest BCUT2D eigenvalue weighted by atomic mass is 16.2. The molecule has 5 nitrogen and oxygen atoms in total. The largest absolute Gasteiger partial charge is 0.343 e. The molecule has 5 heteroatoms. The molecule has 0 atom stereocenters. The third kappa shape index (κ3) is 3.82. The Bertz CT molecular complexity index is 532. The third-order valence-corrected chi connectivity index (χ3v) is 5.97. The highest BCUT2D eigenvalue weighted by molar-refractivity contribution is 5.76. The molecule has 0 unspecified atom stereocenters. The van der Waals surface area contributed by atoms with Crippen LogP contribution in [0.25, 0.3) is 0 Å². The van der Waals surface area contributed by atoms with Crippen LogP contribution in [0, 0.1) is 19.8 Å². The van der Waals surface area contributed by atoms with Crippen molar-refractivity contribution in [1.82, 2.24) is 19.4 Å². The maximum atomic E-state index is 12.6. The van der Waals surface area contributed by atoms with Gasteiger partial charge in [-0.15, -0.1) is 0 Å². The Labute approximate surface area is 146 Å². The second kappa shape index (κ2) is 7.68. The van der Waals surface area contributed by atoms with E-state index in [-0.39, 0.29) is 0 Å². The molecule has 2 fully saturated rings. The smallest absolute Gasteiger partial charge is 0.222 e. The van der Waals surface area contributed by atoms with Gasteiger partial charge in [-0.2, -0.15) is 0 Å². The molecule has 3 rings (SSSR count). The lowest BCUT2D eigenvalue weighted by Crippen LogP contribution is -2.41. The van der Waals surface area contributed by atoms with Crippen molar-refractivity contribution in [2.24, 2.45) is 5.92 Å². The Kier molecular flexibility index (Phi) is 5.59. The van der Waals surface area contributed by atoms with Crippen LogP contribution in [0.1, 0.15) is 56.6 Å². The van der Waals surface area contributed by atoms with E-state index >= 15 is 0 Å². The van der Waals surface area contributed by atoms with Gasteiger partial charge in [0.05, 0.1) is 0 Å². The number of aryl methyl sites for hydroxylation is 2. The summed E-state index contributed by atoms with van der Waals surface area (Å²) in [5.41, 5.74) is 1.24. The fourth-order valence-corrected chi connectivity index (χ4v) is 4.37. The van der Waals surface area contributed by atoms with Crippen LogP contribution in [0.2, 0.25) is 0 Å². The molecule has 1 aromatic rings. The first-order valence-electron chi connectivity index (χ1n) is 9.59. The van der Waals surface area contributed by atoms with E-state index in [0.29, 0.717) is 17.9 Å². The number of hydrogen-bond acceptors (Lipinski definition) is 3. The zero-order valence-corrected chi connectivity index (χ0v) is 15.5. The highest BCUT2D eigenvalue weighted by Crippen LogP contribution is 2.27. The van der Waals surface area contributed by atoms with Crippen LogP contribution in [-0.2, 0) is 4.79 Å². The van der Waals surface area contributed by atoms with E-state index in [1.807, 2.05) is 6.20 Å². The van der Waals surface area contributed by atoms with Gasteiger partial charge in [0.1, 0.15) is 5.82 Å². The molecule has 1 aromatic heterocycles. The summed E-state index contributed by atoms with van der Waals surface area (Å²) in [4.78, 5) is 21.6. The lowest BCUT2D eigenvalue weighted by molar-refractivity contribution is -0.133. The topological polar surface area (TPSA) is 41.4 Å². The number of rotatable bonds is 4. The van der Waals surface area contributed by atoms with Gasteiger partial charge in [-0.1, -0.05) is 6.92 Å². The average molecular weight is 332 g/mol. The number of piperidine rings is 2. The van der Waals surface area contributed by atoms with Gasteiger partial charge in [0, 0.05) is 37.4 Å². The maximum Gasteiger partial charge on any atom is 0.222 e. The van der Waals surface area contributed by atoms with E-state index in [0.717, 1.165) is 57.8 Å². The van der Waals surface area contributed by atoms with E-state index < -0.39 is 0 Å². The molecule has 0 aromatic carbocycles. The Morgan fingerprint density at radius 3 is 2.33 bits per heavy atom. The predicted molar refractivity (Wildman–Crippen MR) is 96.0 cm³/mol. The average Bonchev–Trinajstić information content (AvgIpc) is 2.94. The predicted octanol–water partition coefficient (Wildman–Crippen LogP) is 2.79. The number of amides is 1. The van der Waals surface area contributed by atoms with Crippen molar-refractivity contribution in [1.29, 1.82) is 0 Å². The number of imidazole rings is 1. The molecule has 24 heavy (non-hydrogen) atoms. The molecule has 0 aliphatic carbocycles. The lowest BCUT2D eigenvalue weighted by Gasteiger charge is -2.36. The molecule has 0 saturated carbocycles. The van der Waals surface area contributed by atoms with Crippen LogP contribution in [0.5, 0.6) is 0 Å². The molecule has 0 bridgehead atoms. The number of likely N-dealkylation sites (tertiary alicyclic amines) is 2. The number of carbonyl (C=O) groups excluding carboxylic acids is 1. The van der Waals surface area contributed by atoms with Gasteiger partial charge in [-0.3, -0.25) is 4.79 Å². The van der Waals surface area contributed by atoms with Gasteiger partial charge >= 0.3 is 0 Å². The molecule has 3 heterocycles. The quantitative estimate of drug-likeness (QED) is 0.851. The second-order valence-electron chi connectivity index (χ2n) is 7.51. The Balaban J connectivity index is 1.47. The first-order valence-corrected chi connectivity index (χ1v) is 9.59. The van der Waals surface area contributed by atoms with Crippen molar-refractivity contribution in [3.8, 4) is 0 Å². The third-order valence-electron chi connectivity index (χ3n) is 5.97. The molecular formula is C19H32N4O. The molecule has 2 saturated heterocycles. The number of carbonyl (C=O) groups is 1. The van der Waals surface area contributed by atoms with Gasteiger partial charge < -0.3 is 14.4 Å². The number of nitrogens with zero attached hydrogens (tertiary/aromatic N) is 4. The van der Waals surface area contributed by atoms with Crippen molar-refractivity contribution in [2.45, 2.75) is 58.9 Å². The molecule has 2 aliphatic rings. The fraction of sp³-hybridized carbons (Fsp3) is 0.789. The van der Waals surface area contributed by atoms with Gasteiger partial charge in [-0.05, 0) is 65.1 Å². The Morgan fingerprint density at radius 2 is 1.79 bits per heavy atom. The number of aromatic nitrogens is 2. The molecule has 1 amide bonds. The zero-order valence-electron chi connectivity index (χ0n) is 15.5. The second-order valence-corrected chi connectivity index (χ2v) is 7.51. The van der Waals surface area contributed by atoms with Gasteiger partial charge in [0.2, 0.25) is 5.91 Å². The molecule has 2 aliphatic heterocycles. The first-order chi connectivity index (χ1) is 11.6. The van der Waals surface area contributed by atoms with Crippen LogP contribution >= 0.6 is 0 Å². The summed E-state index contributed by atoms with van der Waals surface area (Å²) in [5, 5.41) is 0. The van der Waals surface area contributed by atoms with Gasteiger partial charge in [0.25, 0.3) is 0 Å². The summed E-state index contributed by atoms with van der Waals surface area (Å²) < 4.78 is 2.35. The zero-order chi connectivity index (χ0) is 17.1. The van der Waals surface area contributed by atoms with Crippen molar-refractivity contribution in [3.63, 3.8) is 0 Å². The highest BCUT2D eigenvalue weighted by Gasteiger charge is 2.27. The normalized spacial score (nSPS) is 21.4. The van der Waals surface area contributed by atoms with E-state index in [2.05, 4.69) is 40.1 Å². The summed E-state index contributed by atoms with van der Waals surface area (Å²) in [6, 6.07) is 0.504. The van der Waals surface area contributed by atoms with Crippen LogP contribution in [0.15, 0.2) is 6.20 Å². The molecule has 0 radical (unpaired) electrons. The van der Waals surface area contributed by atoms with Gasteiger partial charge in [0.15, 0.2) is 0 Å². The van der Waals surface area contributed by atoms with E-state index in [9.17, 15) is 4.79 Å². The van der Waals surface area contributed by atoms with Crippen LogP contribution in [-0.4, -0.2) is 58.0 Å². The Hall–Kier alpha value is -1.36. The monoisotopic (exact) mass is 332 g/mol. The summed E-state index contributed by atoms with van der Waals surface area (Å²) in [6.07, 6.45) is 7.18. The SMILES string of the molecule is CCN1CCC(CC(=O)N2CCC(n3c(C)cnc3C)CC2)CC1. The summed E-state index contributed by atoms with van der Waals surface area (Å²) in [5.74, 6) is 2.07. The van der Waals surface area contributed by atoms with E-state index in [1.165, 1.54) is 18.5 Å². The maximum absolute atomic E-state index is 12.6. The molecule has 0 N–H and O–H groups in total. The summed E-state index contributed by atoms with van der Waals surface area (Å²) >= 11 is 0. The van der Waals surface area contributed by atoms with Crippen LogP contribution < -0.4 is 0 Å². The van der Waals surface area contributed by atoms with Crippen molar-refractivity contribution in [3.05, 3.63) is 17.7 Å². The molecule has 0 spiro atoms. The summed E-state index contributed by atoms with van der Waals surface area (Å²) in [7, 11) is 0.